The van der Waals surface area contributed by atoms with E-state index in [0.29, 0.717) is 18.7 Å². The molecule has 5 heteroatoms. The molecule has 0 spiro atoms. The molecule has 0 bridgehead atoms. The van der Waals surface area contributed by atoms with Gasteiger partial charge in [0.1, 0.15) is 0 Å². The largest absolute Gasteiger partial charge is 0.461 e. The Kier molecular flexibility index (Phi) is 2.71. The highest BCUT2D eigenvalue weighted by molar-refractivity contribution is 5.88. The number of ether oxygens (including phenoxy) is 1. The lowest BCUT2D eigenvalue weighted by Crippen LogP contribution is -2.25. The Hall–Kier alpha value is -1.36. The van der Waals surface area contributed by atoms with Crippen LogP contribution in [0.25, 0.3) is 0 Å². The zero-order chi connectivity index (χ0) is 11.8. The number of rotatable bonds is 4. The monoisotopic (exact) mass is 223 g/mol. The maximum atomic E-state index is 11.6. The van der Waals surface area contributed by atoms with Gasteiger partial charge in [0.15, 0.2) is 5.69 Å². The number of hydrogen-bond donors (Lipinski definition) is 1. The van der Waals surface area contributed by atoms with E-state index in [1.54, 1.807) is 18.7 Å². The second kappa shape index (κ2) is 3.90. The minimum atomic E-state index is -0.359. The van der Waals surface area contributed by atoms with Crippen LogP contribution >= 0.6 is 0 Å². The van der Waals surface area contributed by atoms with E-state index >= 15 is 0 Å². The first-order valence-corrected chi connectivity index (χ1v) is 5.52. The van der Waals surface area contributed by atoms with Crippen LogP contribution in [-0.2, 0) is 18.2 Å². The number of esters is 1. The molecular formula is C11H17N3O2. The molecule has 1 aromatic rings. The normalized spacial score (nSPS) is 17.2. The number of carbonyl (C=O) groups excluding carboxylic acids is 1. The Morgan fingerprint density at radius 1 is 1.69 bits per heavy atom. The second-order valence-electron chi connectivity index (χ2n) is 4.44. The smallest absolute Gasteiger partial charge is 0.359 e. The van der Waals surface area contributed by atoms with E-state index in [9.17, 15) is 4.79 Å². The number of carbonyl (C=O) groups is 1. The van der Waals surface area contributed by atoms with Crippen molar-refractivity contribution in [1.29, 1.82) is 0 Å². The summed E-state index contributed by atoms with van der Waals surface area (Å²) in [5.74, 6) is -0.359. The third-order valence-electron chi connectivity index (χ3n) is 2.81. The first-order chi connectivity index (χ1) is 7.54. The van der Waals surface area contributed by atoms with Crippen LogP contribution in [0, 0.1) is 0 Å². The van der Waals surface area contributed by atoms with Crippen molar-refractivity contribution in [3.05, 3.63) is 17.5 Å². The molecule has 1 saturated carbocycles. The first kappa shape index (κ1) is 11.1. The fourth-order valence-corrected chi connectivity index (χ4v) is 1.75. The Balaban J connectivity index is 2.19. The summed E-state index contributed by atoms with van der Waals surface area (Å²) in [7, 11) is 1.79. The van der Waals surface area contributed by atoms with Gasteiger partial charge >= 0.3 is 5.97 Å². The van der Waals surface area contributed by atoms with E-state index in [4.69, 9.17) is 10.5 Å². The molecule has 0 aliphatic heterocycles. The molecule has 5 nitrogen and oxygen atoms in total. The number of hydrogen-bond acceptors (Lipinski definition) is 4. The lowest BCUT2D eigenvalue weighted by molar-refractivity contribution is 0.0517. The third kappa shape index (κ3) is 2.24. The predicted molar refractivity (Wildman–Crippen MR) is 59.0 cm³/mol. The molecule has 0 aromatic carbocycles. The average Bonchev–Trinajstić information content (AvgIpc) is 2.80. The molecule has 0 radical (unpaired) electrons. The van der Waals surface area contributed by atoms with E-state index in [0.717, 1.165) is 18.4 Å². The van der Waals surface area contributed by atoms with Crippen LogP contribution in [0.4, 0.5) is 0 Å². The molecule has 1 aliphatic carbocycles. The summed E-state index contributed by atoms with van der Waals surface area (Å²) < 4.78 is 6.59. The van der Waals surface area contributed by atoms with Gasteiger partial charge in [-0.25, -0.2) is 4.79 Å². The first-order valence-electron chi connectivity index (χ1n) is 5.52. The Morgan fingerprint density at radius 2 is 2.38 bits per heavy atom. The van der Waals surface area contributed by atoms with Crippen LogP contribution in [0.15, 0.2) is 6.20 Å². The molecule has 2 rings (SSSR count). The van der Waals surface area contributed by atoms with Crippen molar-refractivity contribution in [2.24, 2.45) is 12.8 Å². The summed E-state index contributed by atoms with van der Waals surface area (Å²) in [5, 5.41) is 4.13. The van der Waals surface area contributed by atoms with Crippen molar-refractivity contribution in [3.63, 3.8) is 0 Å². The van der Waals surface area contributed by atoms with Gasteiger partial charge in [0.2, 0.25) is 0 Å². The molecule has 1 aliphatic rings. The van der Waals surface area contributed by atoms with Crippen molar-refractivity contribution in [1.82, 2.24) is 9.78 Å². The Morgan fingerprint density at radius 3 is 2.94 bits per heavy atom. The van der Waals surface area contributed by atoms with Crippen LogP contribution in [0.5, 0.6) is 0 Å². The fraction of sp³-hybridized carbons (Fsp3) is 0.636. The van der Waals surface area contributed by atoms with Gasteiger partial charge in [0.25, 0.3) is 0 Å². The highest BCUT2D eigenvalue weighted by Crippen LogP contribution is 2.36. The highest BCUT2D eigenvalue weighted by atomic mass is 16.5. The molecule has 0 atom stereocenters. The van der Waals surface area contributed by atoms with Crippen molar-refractivity contribution >= 4 is 5.97 Å². The molecular weight excluding hydrogens is 206 g/mol. The quantitative estimate of drug-likeness (QED) is 0.760. The molecule has 1 aromatic heterocycles. The molecule has 0 saturated heterocycles. The lowest BCUT2D eigenvalue weighted by Gasteiger charge is -2.07. The van der Waals surface area contributed by atoms with E-state index in [1.165, 1.54) is 0 Å². The molecule has 88 valence electrons. The van der Waals surface area contributed by atoms with Gasteiger partial charge in [-0.1, -0.05) is 0 Å². The SMILES string of the molecule is CCOC(=O)c1nn(C)cc1CC1(N)CC1. The lowest BCUT2D eigenvalue weighted by atomic mass is 10.1. The molecule has 1 fully saturated rings. The standard InChI is InChI=1S/C11H17N3O2/c1-3-16-10(15)9-8(7-14(2)13-9)6-11(12)4-5-11/h7H,3-6,12H2,1-2H3. The minimum Gasteiger partial charge on any atom is -0.461 e. The van der Waals surface area contributed by atoms with Gasteiger partial charge in [0.05, 0.1) is 6.61 Å². The van der Waals surface area contributed by atoms with Gasteiger partial charge < -0.3 is 10.5 Å². The predicted octanol–water partition coefficient (Wildman–Crippen LogP) is 0.631. The second-order valence-corrected chi connectivity index (χ2v) is 4.44. The number of nitrogens with zero attached hydrogens (tertiary/aromatic N) is 2. The van der Waals surface area contributed by atoms with E-state index in [-0.39, 0.29) is 11.5 Å². The van der Waals surface area contributed by atoms with Gasteiger partial charge in [-0.3, -0.25) is 4.68 Å². The van der Waals surface area contributed by atoms with Crippen LogP contribution in [0.2, 0.25) is 0 Å². The number of aromatic nitrogens is 2. The van der Waals surface area contributed by atoms with Crippen molar-refractivity contribution < 1.29 is 9.53 Å². The summed E-state index contributed by atoms with van der Waals surface area (Å²) in [6.07, 6.45) is 4.59. The van der Waals surface area contributed by atoms with Crippen molar-refractivity contribution in [2.45, 2.75) is 31.7 Å². The summed E-state index contributed by atoms with van der Waals surface area (Å²) in [5.41, 5.74) is 7.21. The molecule has 2 N–H and O–H groups in total. The van der Waals surface area contributed by atoms with Gasteiger partial charge in [-0.15, -0.1) is 0 Å². The number of nitrogens with two attached hydrogens (primary N) is 1. The fourth-order valence-electron chi connectivity index (χ4n) is 1.75. The zero-order valence-corrected chi connectivity index (χ0v) is 9.69. The molecule has 1 heterocycles. The topological polar surface area (TPSA) is 70.1 Å². The zero-order valence-electron chi connectivity index (χ0n) is 9.69. The van der Waals surface area contributed by atoms with Crippen LogP contribution in [0.3, 0.4) is 0 Å². The van der Waals surface area contributed by atoms with Crippen molar-refractivity contribution in [3.8, 4) is 0 Å². The summed E-state index contributed by atoms with van der Waals surface area (Å²) >= 11 is 0. The van der Waals surface area contributed by atoms with E-state index in [2.05, 4.69) is 5.10 Å². The summed E-state index contributed by atoms with van der Waals surface area (Å²) in [4.78, 5) is 11.6. The van der Waals surface area contributed by atoms with E-state index in [1.807, 2.05) is 6.20 Å². The van der Waals surface area contributed by atoms with Gasteiger partial charge in [-0.2, -0.15) is 5.10 Å². The maximum absolute atomic E-state index is 11.6. The van der Waals surface area contributed by atoms with Gasteiger partial charge in [-0.05, 0) is 26.2 Å². The Bertz CT molecular complexity index is 407. The molecule has 16 heavy (non-hydrogen) atoms. The summed E-state index contributed by atoms with van der Waals surface area (Å²) in [6.45, 7) is 2.15. The number of aryl methyl sites for hydroxylation is 1. The minimum absolute atomic E-state index is 0.121. The maximum Gasteiger partial charge on any atom is 0.359 e. The average molecular weight is 223 g/mol. The molecule has 0 amide bonds. The van der Waals surface area contributed by atoms with Crippen molar-refractivity contribution in [2.75, 3.05) is 6.61 Å². The van der Waals surface area contributed by atoms with Crippen LogP contribution < -0.4 is 5.73 Å². The third-order valence-corrected chi connectivity index (χ3v) is 2.81. The molecule has 0 unspecified atom stereocenters. The van der Waals surface area contributed by atoms with Gasteiger partial charge in [0, 0.05) is 24.3 Å². The Labute approximate surface area is 94.6 Å². The van der Waals surface area contributed by atoms with E-state index < -0.39 is 0 Å². The van der Waals surface area contributed by atoms with Crippen LogP contribution in [0.1, 0.15) is 35.8 Å². The highest BCUT2D eigenvalue weighted by Gasteiger charge is 2.39. The summed E-state index contributed by atoms with van der Waals surface area (Å²) in [6, 6.07) is 0. The van der Waals surface area contributed by atoms with Crippen LogP contribution in [-0.4, -0.2) is 27.9 Å².